The molecule has 112 valence electrons. The smallest absolute Gasteiger partial charge is 0.00720 e. The summed E-state index contributed by atoms with van der Waals surface area (Å²) in [7, 11) is 0. The molecule has 0 unspecified atom stereocenters. The van der Waals surface area contributed by atoms with Crippen molar-refractivity contribution in [3.05, 3.63) is 47.5 Å². The van der Waals surface area contributed by atoms with E-state index in [1.54, 1.807) is 0 Å². The Morgan fingerprint density at radius 3 is 2.38 bits per heavy atom. The van der Waals surface area contributed by atoms with Gasteiger partial charge in [0.05, 0.1) is 0 Å². The second kappa shape index (κ2) is 6.19. The van der Waals surface area contributed by atoms with Crippen LogP contribution < -0.4 is 5.73 Å². The number of aryl methyl sites for hydroxylation is 2. The van der Waals surface area contributed by atoms with E-state index in [1.165, 1.54) is 66.8 Å². The third kappa shape index (κ3) is 2.98. The van der Waals surface area contributed by atoms with E-state index in [0.29, 0.717) is 5.41 Å². The van der Waals surface area contributed by atoms with Crippen molar-refractivity contribution in [1.82, 2.24) is 0 Å². The van der Waals surface area contributed by atoms with Gasteiger partial charge >= 0.3 is 0 Å². The van der Waals surface area contributed by atoms with Crippen LogP contribution in [0.3, 0.4) is 0 Å². The molecule has 0 saturated heterocycles. The Balaban J connectivity index is 1.83. The summed E-state index contributed by atoms with van der Waals surface area (Å²) >= 11 is 0. The molecule has 1 fully saturated rings. The highest BCUT2D eigenvalue weighted by molar-refractivity contribution is 5.88. The predicted octanol–water partition coefficient (Wildman–Crippen LogP) is 4.99. The second-order valence-corrected chi connectivity index (χ2v) is 6.83. The molecule has 21 heavy (non-hydrogen) atoms. The Labute approximate surface area is 128 Å². The molecule has 0 heterocycles. The summed E-state index contributed by atoms with van der Waals surface area (Å²) in [6.45, 7) is 3.05. The highest BCUT2D eigenvalue weighted by atomic mass is 14.5. The Bertz CT molecular complexity index is 608. The molecule has 1 nitrogen and oxygen atoms in total. The molecule has 0 amide bonds. The van der Waals surface area contributed by atoms with Gasteiger partial charge in [0.2, 0.25) is 0 Å². The van der Waals surface area contributed by atoms with Crippen molar-refractivity contribution in [2.75, 3.05) is 6.54 Å². The van der Waals surface area contributed by atoms with Crippen molar-refractivity contribution in [3.63, 3.8) is 0 Å². The molecule has 1 aliphatic rings. The normalized spacial score (nSPS) is 17.4. The fraction of sp³-hybridized carbons (Fsp3) is 0.500. The number of rotatable bonds is 5. The Hall–Kier alpha value is -1.34. The summed E-state index contributed by atoms with van der Waals surface area (Å²) in [6, 6.07) is 13.5. The standard InChI is InChI=1S/C20H27N/c1-16-8-9-17(19-7-3-2-6-18(16)19)10-13-20(14-15-21)11-4-5-12-20/h2-3,6-9H,4-5,10-15,21H2,1H3. The molecule has 1 saturated carbocycles. The zero-order valence-electron chi connectivity index (χ0n) is 13.2. The molecule has 0 radical (unpaired) electrons. The topological polar surface area (TPSA) is 26.0 Å². The molecular formula is C20H27N. The van der Waals surface area contributed by atoms with Crippen LogP contribution >= 0.6 is 0 Å². The van der Waals surface area contributed by atoms with Crippen LogP contribution in [-0.4, -0.2) is 6.54 Å². The van der Waals surface area contributed by atoms with Crippen LogP contribution in [0, 0.1) is 12.3 Å². The Kier molecular flexibility index (Phi) is 4.30. The van der Waals surface area contributed by atoms with Gasteiger partial charge in [-0.1, -0.05) is 49.2 Å². The fourth-order valence-electron chi connectivity index (χ4n) is 4.19. The van der Waals surface area contributed by atoms with E-state index in [9.17, 15) is 0 Å². The van der Waals surface area contributed by atoms with Crippen molar-refractivity contribution < 1.29 is 0 Å². The van der Waals surface area contributed by atoms with Crippen LogP contribution in [-0.2, 0) is 6.42 Å². The van der Waals surface area contributed by atoms with Gasteiger partial charge in [-0.2, -0.15) is 0 Å². The predicted molar refractivity (Wildman–Crippen MR) is 91.6 cm³/mol. The number of hydrogen-bond acceptors (Lipinski definition) is 1. The molecule has 0 aliphatic heterocycles. The maximum atomic E-state index is 5.87. The molecule has 3 rings (SSSR count). The van der Waals surface area contributed by atoms with Crippen LogP contribution in [0.1, 0.15) is 49.7 Å². The van der Waals surface area contributed by atoms with Gasteiger partial charge in [0.15, 0.2) is 0 Å². The highest BCUT2D eigenvalue weighted by Crippen LogP contribution is 2.44. The van der Waals surface area contributed by atoms with Crippen LogP contribution in [0.5, 0.6) is 0 Å². The summed E-state index contributed by atoms with van der Waals surface area (Å²) in [5.41, 5.74) is 9.30. The van der Waals surface area contributed by atoms with Gasteiger partial charge in [-0.15, -0.1) is 0 Å². The van der Waals surface area contributed by atoms with Crippen molar-refractivity contribution in [2.45, 2.75) is 51.9 Å². The monoisotopic (exact) mass is 281 g/mol. The summed E-state index contributed by atoms with van der Waals surface area (Å²) in [5.74, 6) is 0. The first-order valence-corrected chi connectivity index (χ1v) is 8.41. The molecule has 0 atom stereocenters. The van der Waals surface area contributed by atoms with Gasteiger partial charge in [0, 0.05) is 0 Å². The lowest BCUT2D eigenvalue weighted by atomic mass is 9.77. The van der Waals surface area contributed by atoms with Crippen LogP contribution in [0.2, 0.25) is 0 Å². The van der Waals surface area contributed by atoms with Crippen LogP contribution in [0.15, 0.2) is 36.4 Å². The van der Waals surface area contributed by atoms with E-state index in [4.69, 9.17) is 5.73 Å². The van der Waals surface area contributed by atoms with Crippen molar-refractivity contribution in [2.24, 2.45) is 11.1 Å². The zero-order valence-corrected chi connectivity index (χ0v) is 13.2. The molecule has 0 bridgehead atoms. The lowest BCUT2D eigenvalue weighted by Crippen LogP contribution is -2.21. The van der Waals surface area contributed by atoms with Crippen LogP contribution in [0.25, 0.3) is 10.8 Å². The maximum Gasteiger partial charge on any atom is -0.00720 e. The van der Waals surface area contributed by atoms with Crippen molar-refractivity contribution >= 4 is 10.8 Å². The van der Waals surface area contributed by atoms with E-state index in [0.717, 1.165) is 6.54 Å². The lowest BCUT2D eigenvalue weighted by molar-refractivity contribution is 0.253. The molecule has 0 spiro atoms. The minimum atomic E-state index is 0.529. The number of benzene rings is 2. The number of nitrogens with two attached hydrogens (primary N) is 1. The lowest BCUT2D eigenvalue weighted by Gasteiger charge is -2.29. The molecule has 1 heteroatoms. The van der Waals surface area contributed by atoms with Gasteiger partial charge in [0.25, 0.3) is 0 Å². The molecular weight excluding hydrogens is 254 g/mol. The average molecular weight is 281 g/mol. The third-order valence-corrected chi connectivity index (χ3v) is 5.50. The maximum absolute atomic E-state index is 5.87. The van der Waals surface area contributed by atoms with E-state index < -0.39 is 0 Å². The minimum Gasteiger partial charge on any atom is -0.330 e. The van der Waals surface area contributed by atoms with Gasteiger partial charge < -0.3 is 5.73 Å². The van der Waals surface area contributed by atoms with Crippen molar-refractivity contribution in [1.29, 1.82) is 0 Å². The second-order valence-electron chi connectivity index (χ2n) is 6.83. The fourth-order valence-corrected chi connectivity index (χ4v) is 4.19. The van der Waals surface area contributed by atoms with Crippen molar-refractivity contribution in [3.8, 4) is 0 Å². The van der Waals surface area contributed by atoms with E-state index in [-0.39, 0.29) is 0 Å². The van der Waals surface area contributed by atoms with Gasteiger partial charge in [-0.3, -0.25) is 0 Å². The highest BCUT2D eigenvalue weighted by Gasteiger charge is 2.32. The third-order valence-electron chi connectivity index (χ3n) is 5.50. The van der Waals surface area contributed by atoms with Gasteiger partial charge in [0.1, 0.15) is 0 Å². The Morgan fingerprint density at radius 1 is 0.952 bits per heavy atom. The SMILES string of the molecule is Cc1ccc(CCC2(CCN)CCCC2)c2ccccc12. The molecule has 1 aliphatic carbocycles. The van der Waals surface area contributed by atoms with Gasteiger partial charge in [-0.25, -0.2) is 0 Å². The zero-order chi connectivity index (χ0) is 14.7. The molecule has 0 aromatic heterocycles. The first-order chi connectivity index (χ1) is 10.2. The van der Waals surface area contributed by atoms with E-state index in [2.05, 4.69) is 43.3 Å². The Morgan fingerprint density at radius 2 is 1.67 bits per heavy atom. The minimum absolute atomic E-state index is 0.529. The quantitative estimate of drug-likeness (QED) is 0.821. The average Bonchev–Trinajstić information content (AvgIpc) is 2.96. The molecule has 2 aromatic carbocycles. The number of hydrogen-bond donors (Lipinski definition) is 1. The number of fused-ring (bicyclic) bond motifs is 1. The summed E-state index contributed by atoms with van der Waals surface area (Å²) in [4.78, 5) is 0. The summed E-state index contributed by atoms with van der Waals surface area (Å²) in [6.07, 6.45) is 9.26. The summed E-state index contributed by atoms with van der Waals surface area (Å²) in [5, 5.41) is 2.85. The first kappa shape index (κ1) is 14.6. The largest absolute Gasteiger partial charge is 0.330 e. The first-order valence-electron chi connectivity index (χ1n) is 8.41. The van der Waals surface area contributed by atoms with Gasteiger partial charge in [-0.05, 0) is 72.9 Å². The molecule has 2 aromatic rings. The van der Waals surface area contributed by atoms with E-state index >= 15 is 0 Å². The van der Waals surface area contributed by atoms with Crippen LogP contribution in [0.4, 0.5) is 0 Å². The summed E-state index contributed by atoms with van der Waals surface area (Å²) < 4.78 is 0. The van der Waals surface area contributed by atoms with E-state index in [1.807, 2.05) is 0 Å². The molecule has 2 N–H and O–H groups in total.